The Kier molecular flexibility index (Phi) is 4.45. The Morgan fingerprint density at radius 2 is 2.21 bits per heavy atom. The van der Waals surface area contributed by atoms with Gasteiger partial charge in [-0.05, 0) is 32.6 Å². The van der Waals surface area contributed by atoms with E-state index in [-0.39, 0.29) is 12.1 Å². The van der Waals surface area contributed by atoms with E-state index in [1.165, 1.54) is 0 Å². The molecule has 19 heavy (non-hydrogen) atoms. The third-order valence-corrected chi connectivity index (χ3v) is 4.57. The van der Waals surface area contributed by atoms with Crippen LogP contribution in [0, 0.1) is 12.8 Å². The number of nitrogens with one attached hydrogen (secondary N) is 1. The van der Waals surface area contributed by atoms with Gasteiger partial charge in [0.2, 0.25) is 0 Å². The molecule has 1 aromatic heterocycles. The van der Waals surface area contributed by atoms with Crippen LogP contribution in [0.3, 0.4) is 0 Å². The summed E-state index contributed by atoms with van der Waals surface area (Å²) >= 11 is 1.64. The molecule has 106 valence electrons. The molecule has 1 heterocycles. The molecule has 2 amide bonds. The van der Waals surface area contributed by atoms with Crippen molar-refractivity contribution in [2.75, 3.05) is 0 Å². The molecule has 2 rings (SSSR count). The fourth-order valence-corrected chi connectivity index (χ4v) is 2.83. The molecule has 4 nitrogen and oxygen atoms in total. The molecule has 0 radical (unpaired) electrons. The van der Waals surface area contributed by atoms with Gasteiger partial charge in [-0.25, -0.2) is 9.78 Å². The average Bonchev–Trinajstić information content (AvgIpc) is 3.09. The van der Waals surface area contributed by atoms with Crippen LogP contribution >= 0.6 is 11.3 Å². The van der Waals surface area contributed by atoms with Gasteiger partial charge >= 0.3 is 6.03 Å². The summed E-state index contributed by atoms with van der Waals surface area (Å²) in [5.41, 5.74) is 0. The van der Waals surface area contributed by atoms with Gasteiger partial charge in [0.25, 0.3) is 0 Å². The molecule has 0 spiro atoms. The largest absolute Gasteiger partial charge is 0.333 e. The number of rotatable bonds is 5. The van der Waals surface area contributed by atoms with E-state index in [1.54, 1.807) is 11.3 Å². The highest BCUT2D eigenvalue weighted by Gasteiger charge is 2.36. The summed E-state index contributed by atoms with van der Waals surface area (Å²) in [7, 11) is 0. The number of carbonyl (C=O) groups is 1. The maximum Gasteiger partial charge on any atom is 0.318 e. The molecule has 1 aromatic rings. The molecule has 1 N–H and O–H groups in total. The van der Waals surface area contributed by atoms with Gasteiger partial charge in [0.15, 0.2) is 0 Å². The summed E-state index contributed by atoms with van der Waals surface area (Å²) in [6.45, 7) is 9.03. The average molecular weight is 281 g/mol. The van der Waals surface area contributed by atoms with Gasteiger partial charge in [-0.3, -0.25) is 0 Å². The second-order valence-electron chi connectivity index (χ2n) is 5.63. The summed E-state index contributed by atoms with van der Waals surface area (Å²) in [4.78, 5) is 19.7. The van der Waals surface area contributed by atoms with Crippen molar-refractivity contribution in [3.63, 3.8) is 0 Å². The van der Waals surface area contributed by atoms with E-state index in [0.717, 1.165) is 22.7 Å². The molecule has 1 fully saturated rings. The van der Waals surface area contributed by atoms with Crippen LogP contribution in [0.2, 0.25) is 0 Å². The molecule has 1 saturated carbocycles. The fourth-order valence-electron chi connectivity index (χ4n) is 2.10. The van der Waals surface area contributed by atoms with Crippen LogP contribution < -0.4 is 5.32 Å². The third kappa shape index (κ3) is 3.69. The number of thiazole rings is 1. The van der Waals surface area contributed by atoms with E-state index >= 15 is 0 Å². The van der Waals surface area contributed by atoms with E-state index in [2.05, 4.69) is 31.1 Å². The lowest BCUT2D eigenvalue weighted by molar-refractivity contribution is 0.157. The Morgan fingerprint density at radius 1 is 1.53 bits per heavy atom. The number of aromatic nitrogens is 1. The van der Waals surface area contributed by atoms with Gasteiger partial charge in [-0.2, -0.15) is 0 Å². The molecule has 1 atom stereocenters. The minimum atomic E-state index is 0.0646. The highest BCUT2D eigenvalue weighted by atomic mass is 32.1. The second-order valence-corrected chi connectivity index (χ2v) is 6.95. The quantitative estimate of drug-likeness (QED) is 0.901. The molecule has 0 bridgehead atoms. The first-order valence-corrected chi connectivity index (χ1v) is 7.78. The first kappa shape index (κ1) is 14.3. The molecule has 1 aliphatic rings. The minimum absolute atomic E-state index is 0.0646. The SMILES string of the molecule is Cc1ncc(CNC(=O)N(C2CC2)[C@@H](C)C(C)C)s1. The van der Waals surface area contributed by atoms with Crippen molar-refractivity contribution >= 4 is 17.4 Å². The lowest BCUT2D eigenvalue weighted by atomic mass is 10.0. The van der Waals surface area contributed by atoms with Crippen LogP contribution in [0.5, 0.6) is 0 Å². The highest BCUT2D eigenvalue weighted by molar-refractivity contribution is 7.11. The fraction of sp³-hybridized carbons (Fsp3) is 0.714. The van der Waals surface area contributed by atoms with Crippen molar-refractivity contribution in [2.24, 2.45) is 5.92 Å². The van der Waals surface area contributed by atoms with Gasteiger partial charge in [0.05, 0.1) is 11.6 Å². The van der Waals surface area contributed by atoms with Gasteiger partial charge in [0.1, 0.15) is 0 Å². The molecular weight excluding hydrogens is 258 g/mol. The Hall–Kier alpha value is -1.10. The molecular formula is C14H23N3OS. The van der Waals surface area contributed by atoms with E-state index < -0.39 is 0 Å². The molecule has 5 heteroatoms. The number of hydrogen-bond acceptors (Lipinski definition) is 3. The Balaban J connectivity index is 1.92. The highest BCUT2D eigenvalue weighted by Crippen LogP contribution is 2.30. The smallest absolute Gasteiger partial charge is 0.318 e. The maximum absolute atomic E-state index is 12.3. The minimum Gasteiger partial charge on any atom is -0.333 e. The van der Waals surface area contributed by atoms with Gasteiger partial charge in [-0.1, -0.05) is 13.8 Å². The summed E-state index contributed by atoms with van der Waals surface area (Å²) in [6.07, 6.45) is 4.13. The summed E-state index contributed by atoms with van der Waals surface area (Å²) < 4.78 is 0. The number of nitrogens with zero attached hydrogens (tertiary/aromatic N) is 2. The van der Waals surface area contributed by atoms with Gasteiger partial charge in [-0.15, -0.1) is 11.3 Å². The zero-order chi connectivity index (χ0) is 14.0. The Bertz CT molecular complexity index is 440. The predicted molar refractivity (Wildman–Crippen MR) is 78.2 cm³/mol. The molecule has 1 aliphatic carbocycles. The van der Waals surface area contributed by atoms with Crippen molar-refractivity contribution in [2.45, 2.75) is 59.2 Å². The maximum atomic E-state index is 12.3. The number of hydrogen-bond donors (Lipinski definition) is 1. The van der Waals surface area contributed by atoms with Crippen LogP contribution in [0.4, 0.5) is 4.79 Å². The molecule has 0 saturated heterocycles. The Morgan fingerprint density at radius 3 is 2.68 bits per heavy atom. The van der Waals surface area contributed by atoms with E-state index in [0.29, 0.717) is 18.5 Å². The van der Waals surface area contributed by atoms with Crippen LogP contribution in [-0.4, -0.2) is 28.0 Å². The summed E-state index contributed by atoms with van der Waals surface area (Å²) in [5.74, 6) is 0.483. The second kappa shape index (κ2) is 5.90. The van der Waals surface area contributed by atoms with Crippen LogP contribution in [-0.2, 0) is 6.54 Å². The van der Waals surface area contributed by atoms with Crippen molar-refractivity contribution in [3.8, 4) is 0 Å². The molecule has 0 aromatic carbocycles. The topological polar surface area (TPSA) is 45.2 Å². The zero-order valence-corrected chi connectivity index (χ0v) is 13.0. The zero-order valence-electron chi connectivity index (χ0n) is 12.1. The first-order valence-electron chi connectivity index (χ1n) is 6.96. The standard InChI is InChI=1S/C14H23N3OS/c1-9(2)10(3)17(12-5-6-12)14(18)16-8-13-7-15-11(4)19-13/h7,9-10,12H,5-6,8H2,1-4H3,(H,16,18)/t10-/m0/s1. The predicted octanol–water partition coefficient (Wildman–Crippen LogP) is 3.17. The Labute approximate surface area is 119 Å². The van der Waals surface area contributed by atoms with Crippen molar-refractivity contribution in [1.29, 1.82) is 0 Å². The number of aryl methyl sites for hydroxylation is 1. The lowest BCUT2D eigenvalue weighted by Gasteiger charge is -2.32. The van der Waals surface area contributed by atoms with Crippen molar-refractivity contribution in [1.82, 2.24) is 15.2 Å². The number of urea groups is 1. The first-order chi connectivity index (χ1) is 8.99. The van der Waals surface area contributed by atoms with Crippen molar-refractivity contribution in [3.05, 3.63) is 16.1 Å². The van der Waals surface area contributed by atoms with E-state index in [1.807, 2.05) is 18.0 Å². The third-order valence-electron chi connectivity index (χ3n) is 3.66. The monoisotopic (exact) mass is 281 g/mol. The van der Waals surface area contributed by atoms with E-state index in [9.17, 15) is 4.79 Å². The molecule has 0 aliphatic heterocycles. The number of amides is 2. The van der Waals surface area contributed by atoms with Gasteiger partial charge < -0.3 is 10.2 Å². The lowest BCUT2D eigenvalue weighted by Crippen LogP contribution is -2.48. The number of carbonyl (C=O) groups excluding carboxylic acids is 1. The summed E-state index contributed by atoms with van der Waals surface area (Å²) in [6, 6.07) is 0.797. The van der Waals surface area contributed by atoms with Crippen LogP contribution in [0.25, 0.3) is 0 Å². The summed E-state index contributed by atoms with van der Waals surface area (Å²) in [5, 5.41) is 4.07. The molecule has 0 unspecified atom stereocenters. The normalized spacial score (nSPS) is 16.5. The van der Waals surface area contributed by atoms with Crippen LogP contribution in [0.15, 0.2) is 6.20 Å². The van der Waals surface area contributed by atoms with Gasteiger partial charge in [0, 0.05) is 23.2 Å². The van der Waals surface area contributed by atoms with Crippen LogP contribution in [0.1, 0.15) is 43.5 Å². The van der Waals surface area contributed by atoms with Crippen molar-refractivity contribution < 1.29 is 4.79 Å². The van der Waals surface area contributed by atoms with E-state index in [4.69, 9.17) is 0 Å².